The van der Waals surface area contributed by atoms with Crippen molar-refractivity contribution in [3.8, 4) is 0 Å². The summed E-state index contributed by atoms with van der Waals surface area (Å²) >= 11 is 6.43. The van der Waals surface area contributed by atoms with Crippen molar-refractivity contribution in [3.63, 3.8) is 0 Å². The molecule has 0 atom stereocenters. The van der Waals surface area contributed by atoms with Gasteiger partial charge < -0.3 is 5.73 Å². The first-order valence-electron chi connectivity index (χ1n) is 6.80. The second-order valence-electron chi connectivity index (χ2n) is 5.67. The molecule has 0 spiro atoms. The van der Waals surface area contributed by atoms with E-state index in [2.05, 4.69) is 12.1 Å². The maximum Gasteiger partial charge on any atom is 0.0444 e. The minimum atomic E-state index is -0.101. The van der Waals surface area contributed by atoms with Crippen molar-refractivity contribution in [2.24, 2.45) is 5.73 Å². The lowest BCUT2D eigenvalue weighted by Gasteiger charge is -2.27. The summed E-state index contributed by atoms with van der Waals surface area (Å²) in [6.45, 7) is 0. The Kier molecular flexibility index (Phi) is 2.92. The number of hydrogen-bond donors (Lipinski definition) is 1. The van der Waals surface area contributed by atoms with Gasteiger partial charge in [-0.1, -0.05) is 30.5 Å². The van der Waals surface area contributed by atoms with E-state index in [1.807, 2.05) is 0 Å². The molecule has 17 heavy (non-hydrogen) atoms. The lowest BCUT2D eigenvalue weighted by Crippen LogP contribution is -2.33. The Bertz CT molecular complexity index is 433. The number of rotatable bonds is 1. The van der Waals surface area contributed by atoms with Crippen LogP contribution in [0.25, 0.3) is 0 Å². The van der Waals surface area contributed by atoms with Crippen LogP contribution >= 0.6 is 11.6 Å². The van der Waals surface area contributed by atoms with Crippen molar-refractivity contribution >= 4 is 11.6 Å². The molecular formula is C15H20ClN. The molecule has 2 N–H and O–H groups in total. The highest BCUT2D eigenvalue weighted by Crippen LogP contribution is 2.39. The van der Waals surface area contributed by atoms with E-state index in [0.29, 0.717) is 0 Å². The number of aryl methyl sites for hydroxylation is 1. The Hall–Kier alpha value is -0.530. The van der Waals surface area contributed by atoms with Gasteiger partial charge in [-0.3, -0.25) is 0 Å². The van der Waals surface area contributed by atoms with Crippen molar-refractivity contribution in [2.75, 3.05) is 0 Å². The second-order valence-corrected chi connectivity index (χ2v) is 6.07. The maximum absolute atomic E-state index is 6.52. The number of halogens is 1. The number of hydrogen-bond acceptors (Lipinski definition) is 1. The molecule has 3 rings (SSSR count). The lowest BCUT2D eigenvalue weighted by molar-refractivity contribution is 0.460. The fourth-order valence-electron chi connectivity index (χ4n) is 3.40. The molecule has 0 aromatic heterocycles. The van der Waals surface area contributed by atoms with E-state index in [-0.39, 0.29) is 5.54 Å². The number of nitrogens with two attached hydrogens (primary N) is 1. The van der Waals surface area contributed by atoms with Crippen LogP contribution in [0.5, 0.6) is 0 Å². The van der Waals surface area contributed by atoms with Gasteiger partial charge in [0.2, 0.25) is 0 Å². The van der Waals surface area contributed by atoms with Crippen LogP contribution in [0.4, 0.5) is 0 Å². The Labute approximate surface area is 108 Å². The second kappa shape index (κ2) is 4.29. The molecule has 0 aliphatic heterocycles. The molecule has 0 amide bonds. The van der Waals surface area contributed by atoms with E-state index in [1.165, 1.54) is 48.8 Å². The standard InChI is InChI=1S/C15H20ClN/c16-14-10-12(15(17)7-3-4-8-15)9-11-5-1-2-6-13(11)14/h9-10H,1-8,17H2. The molecule has 2 heteroatoms. The molecular weight excluding hydrogens is 230 g/mol. The van der Waals surface area contributed by atoms with Crippen molar-refractivity contribution in [3.05, 3.63) is 33.8 Å². The normalized spacial score (nSPS) is 22.5. The average molecular weight is 250 g/mol. The van der Waals surface area contributed by atoms with Crippen LogP contribution in [-0.2, 0) is 18.4 Å². The highest BCUT2D eigenvalue weighted by Gasteiger charge is 2.32. The summed E-state index contributed by atoms with van der Waals surface area (Å²) in [6, 6.07) is 4.47. The van der Waals surface area contributed by atoms with Gasteiger partial charge in [-0.05, 0) is 61.3 Å². The molecule has 0 saturated heterocycles. The van der Waals surface area contributed by atoms with Gasteiger partial charge >= 0.3 is 0 Å². The molecule has 2 aliphatic rings. The molecule has 1 fully saturated rings. The Balaban J connectivity index is 2.04. The summed E-state index contributed by atoms with van der Waals surface area (Å²) < 4.78 is 0. The predicted octanol–water partition coefficient (Wildman–Crippen LogP) is 3.95. The predicted molar refractivity (Wildman–Crippen MR) is 72.4 cm³/mol. The fraction of sp³-hybridized carbons (Fsp3) is 0.600. The zero-order chi connectivity index (χ0) is 11.9. The molecule has 1 aromatic carbocycles. The number of benzene rings is 1. The zero-order valence-corrected chi connectivity index (χ0v) is 11.0. The van der Waals surface area contributed by atoms with Crippen molar-refractivity contribution in [1.29, 1.82) is 0 Å². The molecule has 1 saturated carbocycles. The van der Waals surface area contributed by atoms with Gasteiger partial charge in [-0.2, -0.15) is 0 Å². The quantitative estimate of drug-likeness (QED) is 0.802. The third-order valence-corrected chi connectivity index (χ3v) is 4.82. The van der Waals surface area contributed by atoms with E-state index in [9.17, 15) is 0 Å². The molecule has 0 bridgehead atoms. The van der Waals surface area contributed by atoms with Crippen LogP contribution in [0.1, 0.15) is 55.2 Å². The van der Waals surface area contributed by atoms with Gasteiger partial charge in [0, 0.05) is 10.6 Å². The summed E-state index contributed by atoms with van der Waals surface area (Å²) in [5.41, 5.74) is 10.5. The van der Waals surface area contributed by atoms with Crippen LogP contribution < -0.4 is 5.73 Å². The van der Waals surface area contributed by atoms with E-state index in [0.717, 1.165) is 24.3 Å². The molecule has 92 valence electrons. The van der Waals surface area contributed by atoms with Crippen LogP contribution in [0, 0.1) is 0 Å². The minimum absolute atomic E-state index is 0.101. The molecule has 1 nitrogen and oxygen atoms in total. The minimum Gasteiger partial charge on any atom is -0.321 e. The van der Waals surface area contributed by atoms with Crippen molar-refractivity contribution in [1.82, 2.24) is 0 Å². The maximum atomic E-state index is 6.52. The summed E-state index contributed by atoms with van der Waals surface area (Å²) in [6.07, 6.45) is 9.63. The summed E-state index contributed by atoms with van der Waals surface area (Å²) in [4.78, 5) is 0. The first kappa shape index (κ1) is 11.6. The van der Waals surface area contributed by atoms with Crippen molar-refractivity contribution < 1.29 is 0 Å². The first-order valence-corrected chi connectivity index (χ1v) is 7.17. The largest absolute Gasteiger partial charge is 0.321 e. The smallest absolute Gasteiger partial charge is 0.0444 e. The van der Waals surface area contributed by atoms with E-state index >= 15 is 0 Å². The molecule has 0 unspecified atom stereocenters. The summed E-state index contributed by atoms with van der Waals surface area (Å²) in [5.74, 6) is 0. The SMILES string of the molecule is NC1(c2cc(Cl)c3c(c2)CCCC3)CCCC1. The lowest BCUT2D eigenvalue weighted by atomic mass is 9.83. The summed E-state index contributed by atoms with van der Waals surface area (Å²) in [7, 11) is 0. The van der Waals surface area contributed by atoms with Crippen LogP contribution in [0.3, 0.4) is 0 Å². The van der Waals surface area contributed by atoms with Crippen molar-refractivity contribution in [2.45, 2.75) is 56.9 Å². The van der Waals surface area contributed by atoms with Gasteiger partial charge in [0.1, 0.15) is 0 Å². The molecule has 1 aromatic rings. The molecule has 0 heterocycles. The van der Waals surface area contributed by atoms with E-state index in [1.54, 1.807) is 0 Å². The van der Waals surface area contributed by atoms with E-state index < -0.39 is 0 Å². The third-order valence-electron chi connectivity index (χ3n) is 4.48. The highest BCUT2D eigenvalue weighted by molar-refractivity contribution is 6.31. The van der Waals surface area contributed by atoms with E-state index in [4.69, 9.17) is 17.3 Å². The summed E-state index contributed by atoms with van der Waals surface area (Å²) in [5, 5.41) is 0.953. The Morgan fingerprint density at radius 2 is 1.71 bits per heavy atom. The van der Waals surface area contributed by atoms with Crippen LogP contribution in [-0.4, -0.2) is 0 Å². The first-order chi connectivity index (χ1) is 8.19. The zero-order valence-electron chi connectivity index (χ0n) is 10.3. The van der Waals surface area contributed by atoms with Gasteiger partial charge in [-0.15, -0.1) is 0 Å². The van der Waals surface area contributed by atoms with Crippen LogP contribution in [0.15, 0.2) is 12.1 Å². The third kappa shape index (κ3) is 2.00. The average Bonchev–Trinajstić information content (AvgIpc) is 2.78. The van der Waals surface area contributed by atoms with Gasteiger partial charge in [0.05, 0.1) is 0 Å². The Morgan fingerprint density at radius 3 is 2.47 bits per heavy atom. The highest BCUT2D eigenvalue weighted by atomic mass is 35.5. The molecule has 2 aliphatic carbocycles. The Morgan fingerprint density at radius 1 is 1.00 bits per heavy atom. The monoisotopic (exact) mass is 249 g/mol. The van der Waals surface area contributed by atoms with Gasteiger partial charge in [0.15, 0.2) is 0 Å². The van der Waals surface area contributed by atoms with Gasteiger partial charge in [0.25, 0.3) is 0 Å². The topological polar surface area (TPSA) is 26.0 Å². The van der Waals surface area contributed by atoms with Gasteiger partial charge in [-0.25, -0.2) is 0 Å². The number of fused-ring (bicyclic) bond motifs is 1. The van der Waals surface area contributed by atoms with Crippen LogP contribution in [0.2, 0.25) is 5.02 Å². The fourth-order valence-corrected chi connectivity index (χ4v) is 3.73. The molecule has 0 radical (unpaired) electrons.